The Hall–Kier alpha value is -1.05. The lowest BCUT2D eigenvalue weighted by Gasteiger charge is -2.10. The maximum atomic E-state index is 12.2. The van der Waals surface area contributed by atoms with E-state index in [2.05, 4.69) is 4.98 Å². The highest BCUT2D eigenvalue weighted by molar-refractivity contribution is 8.00. The van der Waals surface area contributed by atoms with E-state index in [9.17, 15) is 13.2 Å². The van der Waals surface area contributed by atoms with Crippen LogP contribution in [-0.4, -0.2) is 10.5 Å². The summed E-state index contributed by atoms with van der Waals surface area (Å²) in [5.74, 6) is 0. The summed E-state index contributed by atoms with van der Waals surface area (Å²) in [4.78, 5) is 5.38. The third-order valence-corrected chi connectivity index (χ3v) is 4.11. The van der Waals surface area contributed by atoms with Crippen LogP contribution in [0.3, 0.4) is 0 Å². The minimum absolute atomic E-state index is 0.133. The molecule has 0 bridgehead atoms. The molecule has 1 atom stereocenters. The van der Waals surface area contributed by atoms with Gasteiger partial charge in [0.25, 0.3) is 0 Å². The van der Waals surface area contributed by atoms with Gasteiger partial charge in [0.15, 0.2) is 0 Å². The van der Waals surface area contributed by atoms with E-state index in [1.807, 2.05) is 6.92 Å². The monoisotopic (exact) mass is 304 g/mol. The predicted octanol–water partition coefficient (Wildman–Crippen LogP) is 4.11. The van der Waals surface area contributed by atoms with Gasteiger partial charge in [-0.2, -0.15) is 13.2 Å². The van der Waals surface area contributed by atoms with Crippen molar-refractivity contribution in [1.82, 2.24) is 4.98 Å². The highest BCUT2D eigenvalue weighted by atomic mass is 32.2. The Kier molecular flexibility index (Phi) is 4.17. The standard InChI is InChI=1S/C12H11F3N2S2/c1-7-6-17-11(18-7)10(16)8-2-4-9(5-3-8)19-12(13,14)15/h2-6,10H,16H2,1H3. The Labute approximate surface area is 116 Å². The zero-order valence-corrected chi connectivity index (χ0v) is 11.6. The molecule has 102 valence electrons. The van der Waals surface area contributed by atoms with E-state index < -0.39 is 11.6 Å². The number of nitrogens with two attached hydrogens (primary N) is 1. The fraction of sp³-hybridized carbons (Fsp3) is 0.250. The van der Waals surface area contributed by atoms with E-state index >= 15 is 0 Å². The average molecular weight is 304 g/mol. The molecular weight excluding hydrogens is 293 g/mol. The molecule has 0 aliphatic heterocycles. The third kappa shape index (κ3) is 3.95. The molecule has 0 radical (unpaired) electrons. The van der Waals surface area contributed by atoms with Crippen LogP contribution in [0.4, 0.5) is 13.2 Å². The Morgan fingerprint density at radius 3 is 2.37 bits per heavy atom. The molecule has 1 aromatic heterocycles. The molecule has 2 N–H and O–H groups in total. The van der Waals surface area contributed by atoms with Crippen LogP contribution in [0.5, 0.6) is 0 Å². The van der Waals surface area contributed by atoms with Crippen LogP contribution in [0.25, 0.3) is 0 Å². The molecule has 0 aliphatic carbocycles. The van der Waals surface area contributed by atoms with Gasteiger partial charge in [-0.15, -0.1) is 11.3 Å². The first-order valence-electron chi connectivity index (χ1n) is 5.39. The zero-order valence-electron chi connectivity index (χ0n) is 9.94. The summed E-state index contributed by atoms with van der Waals surface area (Å²) < 4.78 is 36.6. The van der Waals surface area contributed by atoms with Crippen molar-refractivity contribution in [3.63, 3.8) is 0 Å². The average Bonchev–Trinajstić information content (AvgIpc) is 2.74. The Bertz CT molecular complexity index is 549. The Morgan fingerprint density at radius 1 is 1.26 bits per heavy atom. The fourth-order valence-electron chi connectivity index (χ4n) is 1.54. The number of nitrogens with zero attached hydrogens (tertiary/aromatic N) is 1. The molecule has 0 spiro atoms. The number of thiazole rings is 1. The number of hydrogen-bond acceptors (Lipinski definition) is 4. The molecule has 1 aromatic carbocycles. The van der Waals surface area contributed by atoms with E-state index in [-0.39, 0.29) is 16.7 Å². The normalized spacial score (nSPS) is 13.5. The molecule has 2 rings (SSSR count). The van der Waals surface area contributed by atoms with Crippen LogP contribution in [-0.2, 0) is 0 Å². The molecule has 0 saturated heterocycles. The first kappa shape index (κ1) is 14.4. The Balaban J connectivity index is 2.14. The van der Waals surface area contributed by atoms with E-state index in [1.165, 1.54) is 23.5 Å². The number of aromatic nitrogens is 1. The highest BCUT2D eigenvalue weighted by Gasteiger charge is 2.29. The van der Waals surface area contributed by atoms with Crippen LogP contribution in [0.1, 0.15) is 21.5 Å². The summed E-state index contributed by atoms with van der Waals surface area (Å²) in [6.45, 7) is 1.93. The van der Waals surface area contributed by atoms with Crippen molar-refractivity contribution >= 4 is 23.1 Å². The van der Waals surface area contributed by atoms with Crippen molar-refractivity contribution in [1.29, 1.82) is 0 Å². The Morgan fingerprint density at radius 2 is 1.89 bits per heavy atom. The number of halogens is 3. The van der Waals surface area contributed by atoms with Crippen LogP contribution >= 0.6 is 23.1 Å². The van der Waals surface area contributed by atoms with Crippen LogP contribution in [0.2, 0.25) is 0 Å². The van der Waals surface area contributed by atoms with Gasteiger partial charge in [0, 0.05) is 16.0 Å². The SMILES string of the molecule is Cc1cnc(C(N)c2ccc(SC(F)(F)F)cc2)s1. The second-order valence-electron chi connectivity index (χ2n) is 3.90. The van der Waals surface area contributed by atoms with Gasteiger partial charge in [-0.25, -0.2) is 4.98 Å². The van der Waals surface area contributed by atoms with Crippen molar-refractivity contribution in [3.8, 4) is 0 Å². The van der Waals surface area contributed by atoms with Gasteiger partial charge < -0.3 is 5.73 Å². The number of alkyl halides is 3. The minimum atomic E-state index is -4.27. The van der Waals surface area contributed by atoms with Crippen molar-refractivity contribution in [3.05, 3.63) is 45.9 Å². The van der Waals surface area contributed by atoms with Gasteiger partial charge in [0.1, 0.15) is 5.01 Å². The largest absolute Gasteiger partial charge is 0.446 e. The lowest BCUT2D eigenvalue weighted by atomic mass is 10.1. The van der Waals surface area contributed by atoms with Gasteiger partial charge >= 0.3 is 5.51 Å². The van der Waals surface area contributed by atoms with Gasteiger partial charge in [0.2, 0.25) is 0 Å². The van der Waals surface area contributed by atoms with Crippen LogP contribution in [0.15, 0.2) is 35.4 Å². The van der Waals surface area contributed by atoms with Gasteiger partial charge in [-0.3, -0.25) is 0 Å². The highest BCUT2D eigenvalue weighted by Crippen LogP contribution is 2.37. The molecule has 0 fully saturated rings. The third-order valence-electron chi connectivity index (χ3n) is 2.38. The van der Waals surface area contributed by atoms with Gasteiger partial charge in [-0.1, -0.05) is 12.1 Å². The summed E-state index contributed by atoms with van der Waals surface area (Å²) in [5, 5.41) is 0.758. The molecule has 1 heterocycles. The zero-order chi connectivity index (χ0) is 14.0. The molecule has 2 nitrogen and oxygen atoms in total. The van der Waals surface area contributed by atoms with E-state index in [1.54, 1.807) is 18.3 Å². The van der Waals surface area contributed by atoms with E-state index in [4.69, 9.17) is 5.73 Å². The molecule has 0 saturated carbocycles. The molecule has 1 unspecified atom stereocenters. The summed E-state index contributed by atoms with van der Waals surface area (Å²) in [6.07, 6.45) is 1.73. The molecule has 0 aliphatic rings. The minimum Gasteiger partial charge on any atom is -0.318 e. The molecule has 19 heavy (non-hydrogen) atoms. The topological polar surface area (TPSA) is 38.9 Å². The number of thioether (sulfide) groups is 1. The second kappa shape index (κ2) is 5.52. The number of aryl methyl sites for hydroxylation is 1. The second-order valence-corrected chi connectivity index (χ2v) is 6.31. The molecule has 2 aromatic rings. The van der Waals surface area contributed by atoms with E-state index in [0.29, 0.717) is 0 Å². The summed E-state index contributed by atoms with van der Waals surface area (Å²) in [5.41, 5.74) is 2.51. The first-order valence-corrected chi connectivity index (χ1v) is 7.02. The lowest BCUT2D eigenvalue weighted by molar-refractivity contribution is -0.0328. The smallest absolute Gasteiger partial charge is 0.318 e. The van der Waals surface area contributed by atoms with Gasteiger partial charge in [-0.05, 0) is 36.4 Å². The summed E-state index contributed by atoms with van der Waals surface area (Å²) >= 11 is 1.35. The quantitative estimate of drug-likeness (QED) is 0.867. The van der Waals surface area contributed by atoms with Crippen molar-refractivity contribution in [2.45, 2.75) is 23.4 Å². The number of benzene rings is 1. The fourth-order valence-corrected chi connectivity index (χ4v) is 2.88. The molecule has 0 amide bonds. The predicted molar refractivity (Wildman–Crippen MR) is 71.2 cm³/mol. The summed E-state index contributed by atoms with van der Waals surface area (Å²) in [7, 11) is 0. The van der Waals surface area contributed by atoms with Crippen molar-refractivity contribution in [2.75, 3.05) is 0 Å². The first-order chi connectivity index (χ1) is 8.85. The molecular formula is C12H11F3N2S2. The maximum absolute atomic E-state index is 12.2. The number of rotatable bonds is 3. The van der Waals surface area contributed by atoms with E-state index in [0.717, 1.165) is 15.4 Å². The van der Waals surface area contributed by atoms with Crippen molar-refractivity contribution < 1.29 is 13.2 Å². The van der Waals surface area contributed by atoms with Crippen molar-refractivity contribution in [2.24, 2.45) is 5.73 Å². The lowest BCUT2D eigenvalue weighted by Crippen LogP contribution is -2.11. The van der Waals surface area contributed by atoms with Gasteiger partial charge in [0.05, 0.1) is 6.04 Å². The maximum Gasteiger partial charge on any atom is 0.446 e. The summed E-state index contributed by atoms with van der Waals surface area (Å²) in [6, 6.07) is 5.66. The molecule has 7 heteroatoms. The van der Waals surface area contributed by atoms with Crippen LogP contribution in [0, 0.1) is 6.92 Å². The number of hydrogen-bond donors (Lipinski definition) is 1. The van der Waals surface area contributed by atoms with Crippen LogP contribution < -0.4 is 5.73 Å².